The molecule has 1 fully saturated rings. The smallest absolute Gasteiger partial charge is 0.338 e. The van der Waals surface area contributed by atoms with Gasteiger partial charge in [0.25, 0.3) is 11.5 Å². The van der Waals surface area contributed by atoms with Gasteiger partial charge in [-0.15, -0.1) is 0 Å². The average molecular weight is 477 g/mol. The maximum Gasteiger partial charge on any atom is 0.338 e. The summed E-state index contributed by atoms with van der Waals surface area (Å²) in [5, 5.41) is 7.93. The molecule has 0 radical (unpaired) electrons. The van der Waals surface area contributed by atoms with Crippen molar-refractivity contribution in [2.45, 2.75) is 25.4 Å². The zero-order valence-electron chi connectivity index (χ0n) is 18.0. The maximum absolute atomic E-state index is 12.5. The third-order valence-electron chi connectivity index (χ3n) is 5.09. The number of hydrogen-bond donors (Lipinski definition) is 1. The summed E-state index contributed by atoms with van der Waals surface area (Å²) in [6.45, 7) is -0.314. The lowest BCUT2D eigenvalue weighted by molar-refractivity contribution is -0.118. The number of hydrogen-bond acceptors (Lipinski definition) is 8. The minimum Gasteiger partial charge on any atom is -0.484 e. The lowest BCUT2D eigenvalue weighted by Gasteiger charge is -2.09. The number of nitrogens with zero attached hydrogens (tertiary/aromatic N) is 3. The Kier molecular flexibility index (Phi) is 6.05. The van der Waals surface area contributed by atoms with E-state index < -0.39 is 5.97 Å². The van der Waals surface area contributed by atoms with E-state index in [9.17, 15) is 14.4 Å². The topological polar surface area (TPSA) is 112 Å². The van der Waals surface area contributed by atoms with Crippen molar-refractivity contribution in [3.63, 3.8) is 0 Å². The van der Waals surface area contributed by atoms with E-state index in [0.717, 1.165) is 17.8 Å². The number of para-hydroxylation sites is 1. The van der Waals surface area contributed by atoms with Crippen LogP contribution in [0.25, 0.3) is 4.96 Å². The predicted molar refractivity (Wildman–Crippen MR) is 125 cm³/mol. The van der Waals surface area contributed by atoms with Gasteiger partial charge in [0.2, 0.25) is 4.96 Å². The number of carbonyl (C=O) groups excluding carboxylic acids is 2. The molecule has 1 N–H and O–H groups in total. The van der Waals surface area contributed by atoms with E-state index in [0.29, 0.717) is 28.0 Å². The molecule has 172 valence electrons. The quantitative estimate of drug-likeness (QED) is 0.388. The van der Waals surface area contributed by atoms with Crippen molar-refractivity contribution in [1.29, 1.82) is 0 Å². The van der Waals surface area contributed by atoms with E-state index in [1.165, 1.54) is 28.0 Å². The zero-order chi connectivity index (χ0) is 23.5. The van der Waals surface area contributed by atoms with E-state index in [1.807, 2.05) is 18.2 Å². The molecule has 2 heterocycles. The highest BCUT2D eigenvalue weighted by Crippen LogP contribution is 2.41. The summed E-state index contributed by atoms with van der Waals surface area (Å²) in [5.41, 5.74) is 0.744. The molecule has 0 spiro atoms. The summed E-state index contributed by atoms with van der Waals surface area (Å²) >= 11 is 1.39. The van der Waals surface area contributed by atoms with Crippen LogP contribution in [0.1, 0.15) is 39.8 Å². The van der Waals surface area contributed by atoms with Gasteiger partial charge in [0.05, 0.1) is 11.3 Å². The summed E-state index contributed by atoms with van der Waals surface area (Å²) in [4.78, 5) is 41.9. The van der Waals surface area contributed by atoms with Gasteiger partial charge in [0.1, 0.15) is 17.4 Å². The Balaban J connectivity index is 1.19. The second kappa shape index (κ2) is 9.44. The van der Waals surface area contributed by atoms with E-state index in [2.05, 4.69) is 15.4 Å². The number of benzene rings is 2. The van der Waals surface area contributed by atoms with Gasteiger partial charge in [0, 0.05) is 17.7 Å². The third-order valence-corrected chi connectivity index (χ3v) is 6.16. The Morgan fingerprint density at radius 1 is 1.09 bits per heavy atom. The third kappa shape index (κ3) is 5.12. The summed E-state index contributed by atoms with van der Waals surface area (Å²) < 4.78 is 12.1. The summed E-state index contributed by atoms with van der Waals surface area (Å²) in [5.74, 6) is 0.0534. The van der Waals surface area contributed by atoms with Crippen molar-refractivity contribution in [3.8, 4) is 5.75 Å². The standard InChI is InChI=1S/C24H20N4O5S/c29-20(14-32-19-7-2-1-3-8-19)25-17-6-4-5-16(11-17)23(31)33-13-18-12-21(30)28-24(26-18)34-22(27-28)15-9-10-15/h1-8,11-12,15H,9-10,13-14H2,(H,25,29). The number of aromatic nitrogens is 3. The molecular formula is C24H20N4O5S. The van der Waals surface area contributed by atoms with Gasteiger partial charge in [-0.2, -0.15) is 9.61 Å². The van der Waals surface area contributed by atoms with E-state index in [4.69, 9.17) is 9.47 Å². The Bertz CT molecular complexity index is 1410. The number of fused-ring (bicyclic) bond motifs is 1. The largest absolute Gasteiger partial charge is 0.484 e. The van der Waals surface area contributed by atoms with Crippen LogP contribution in [0.2, 0.25) is 0 Å². The first-order chi connectivity index (χ1) is 16.5. The molecule has 0 aliphatic heterocycles. The van der Waals surface area contributed by atoms with Gasteiger partial charge in [0.15, 0.2) is 6.61 Å². The molecule has 34 heavy (non-hydrogen) atoms. The first-order valence-corrected chi connectivity index (χ1v) is 11.5. The molecule has 4 aromatic rings. The van der Waals surface area contributed by atoms with Gasteiger partial charge >= 0.3 is 5.97 Å². The van der Waals surface area contributed by atoms with Gasteiger partial charge in [-0.3, -0.25) is 9.59 Å². The Hall–Kier alpha value is -4.05. The van der Waals surface area contributed by atoms with Crippen molar-refractivity contribution in [2.75, 3.05) is 11.9 Å². The molecule has 1 saturated carbocycles. The average Bonchev–Trinajstić information content (AvgIpc) is 3.61. The maximum atomic E-state index is 12.5. The Morgan fingerprint density at radius 3 is 2.71 bits per heavy atom. The number of esters is 1. The van der Waals surface area contributed by atoms with Crippen molar-refractivity contribution in [3.05, 3.63) is 87.3 Å². The van der Waals surface area contributed by atoms with Crippen molar-refractivity contribution in [1.82, 2.24) is 14.6 Å². The second-order valence-electron chi connectivity index (χ2n) is 7.80. The first-order valence-electron chi connectivity index (χ1n) is 10.7. The van der Waals surface area contributed by atoms with Gasteiger partial charge in [-0.1, -0.05) is 35.6 Å². The zero-order valence-corrected chi connectivity index (χ0v) is 18.8. The van der Waals surface area contributed by atoms with Gasteiger partial charge in [-0.25, -0.2) is 9.78 Å². The van der Waals surface area contributed by atoms with Crippen LogP contribution in [0.15, 0.2) is 65.5 Å². The molecule has 1 aliphatic carbocycles. The fourth-order valence-electron chi connectivity index (χ4n) is 3.25. The highest BCUT2D eigenvalue weighted by Gasteiger charge is 2.28. The van der Waals surface area contributed by atoms with Crippen LogP contribution in [0.3, 0.4) is 0 Å². The van der Waals surface area contributed by atoms with Crippen LogP contribution in [-0.4, -0.2) is 33.1 Å². The summed E-state index contributed by atoms with van der Waals surface area (Å²) in [7, 11) is 0. The SMILES string of the molecule is O=C(COc1ccccc1)Nc1cccc(C(=O)OCc2cc(=O)n3nc(C4CC4)sc3n2)c1. The number of anilines is 1. The number of nitrogens with one attached hydrogen (secondary N) is 1. The number of rotatable bonds is 8. The minimum absolute atomic E-state index is 0.150. The molecule has 2 aromatic heterocycles. The molecule has 5 rings (SSSR count). The Morgan fingerprint density at radius 2 is 1.91 bits per heavy atom. The first kappa shape index (κ1) is 21.8. The molecule has 0 unspecified atom stereocenters. The Labute approximate surface area is 198 Å². The molecule has 9 nitrogen and oxygen atoms in total. The molecule has 1 aliphatic rings. The normalized spacial score (nSPS) is 12.9. The number of carbonyl (C=O) groups is 2. The molecule has 0 bridgehead atoms. The lowest BCUT2D eigenvalue weighted by Crippen LogP contribution is -2.20. The van der Waals surface area contributed by atoms with Gasteiger partial charge in [-0.05, 0) is 43.2 Å². The fraction of sp³-hybridized carbons (Fsp3) is 0.208. The molecule has 0 saturated heterocycles. The van der Waals surface area contributed by atoms with Crippen molar-refractivity contribution in [2.24, 2.45) is 0 Å². The summed E-state index contributed by atoms with van der Waals surface area (Å²) in [6.07, 6.45) is 2.16. The molecule has 1 amide bonds. The van der Waals surface area contributed by atoms with Crippen molar-refractivity contribution >= 4 is 33.9 Å². The lowest BCUT2D eigenvalue weighted by atomic mass is 10.2. The van der Waals surface area contributed by atoms with Crippen LogP contribution < -0.4 is 15.6 Å². The predicted octanol–water partition coefficient (Wildman–Crippen LogP) is 3.40. The highest BCUT2D eigenvalue weighted by molar-refractivity contribution is 7.16. The van der Waals surface area contributed by atoms with Crippen LogP contribution in [0.5, 0.6) is 5.75 Å². The minimum atomic E-state index is -0.596. The van der Waals surface area contributed by atoms with E-state index >= 15 is 0 Å². The highest BCUT2D eigenvalue weighted by atomic mass is 32.1. The van der Waals surface area contributed by atoms with Gasteiger partial charge < -0.3 is 14.8 Å². The monoisotopic (exact) mass is 476 g/mol. The van der Waals surface area contributed by atoms with Crippen LogP contribution in [-0.2, 0) is 16.1 Å². The molecule has 2 aromatic carbocycles. The van der Waals surface area contributed by atoms with Crippen molar-refractivity contribution < 1.29 is 19.1 Å². The molecule has 0 atom stereocenters. The van der Waals surface area contributed by atoms with E-state index in [-0.39, 0.29) is 30.2 Å². The second-order valence-corrected chi connectivity index (χ2v) is 8.79. The van der Waals surface area contributed by atoms with Crippen LogP contribution >= 0.6 is 11.3 Å². The van der Waals surface area contributed by atoms with E-state index in [1.54, 1.807) is 30.3 Å². The summed E-state index contributed by atoms with van der Waals surface area (Å²) in [6, 6.07) is 16.7. The number of ether oxygens (including phenoxy) is 2. The fourth-order valence-corrected chi connectivity index (χ4v) is 4.34. The molecular weight excluding hydrogens is 456 g/mol. The van der Waals surface area contributed by atoms with Crippen LogP contribution in [0, 0.1) is 0 Å². The molecule has 10 heteroatoms. The van der Waals surface area contributed by atoms with Crippen LogP contribution in [0.4, 0.5) is 5.69 Å². The number of amides is 1.